The zero-order chi connectivity index (χ0) is 23.8. The first kappa shape index (κ1) is 24.4. The van der Waals surface area contributed by atoms with E-state index in [9.17, 15) is 18.0 Å². The lowest BCUT2D eigenvalue weighted by atomic mass is 9.96. The molecule has 3 rings (SSSR count). The van der Waals surface area contributed by atoms with E-state index in [4.69, 9.17) is 9.47 Å². The van der Waals surface area contributed by atoms with Gasteiger partial charge < -0.3 is 20.1 Å². The van der Waals surface area contributed by atoms with Crippen LogP contribution in [0.4, 0.5) is 4.79 Å². The minimum absolute atomic E-state index is 0.00416. The third-order valence-corrected chi connectivity index (χ3v) is 6.81. The molecule has 10 heteroatoms. The van der Waals surface area contributed by atoms with Crippen LogP contribution in [0.1, 0.15) is 48.0 Å². The number of ether oxygens (including phenoxy) is 2. The summed E-state index contributed by atoms with van der Waals surface area (Å²) in [5.41, 5.74) is 1.07. The van der Waals surface area contributed by atoms with Crippen LogP contribution in [0.5, 0.6) is 11.5 Å². The highest BCUT2D eigenvalue weighted by Gasteiger charge is 2.21. The van der Waals surface area contributed by atoms with Crippen molar-refractivity contribution in [2.45, 2.75) is 49.6 Å². The molecule has 33 heavy (non-hydrogen) atoms. The van der Waals surface area contributed by atoms with Crippen molar-refractivity contribution in [3.8, 4) is 11.5 Å². The van der Waals surface area contributed by atoms with Gasteiger partial charge in [0.2, 0.25) is 0 Å². The molecule has 0 unspecified atom stereocenters. The normalized spacial score (nSPS) is 14.2. The summed E-state index contributed by atoms with van der Waals surface area (Å²) in [5, 5.41) is 5.50. The van der Waals surface area contributed by atoms with Crippen LogP contribution in [0.2, 0.25) is 0 Å². The molecule has 0 aliphatic heterocycles. The number of carbonyl (C=O) groups excluding carboxylic acids is 2. The molecule has 0 atom stereocenters. The summed E-state index contributed by atoms with van der Waals surface area (Å²) in [7, 11) is -0.993. The minimum atomic E-state index is -3.99. The van der Waals surface area contributed by atoms with Crippen molar-refractivity contribution in [3.63, 3.8) is 0 Å². The highest BCUT2D eigenvalue weighted by atomic mass is 32.2. The summed E-state index contributed by atoms with van der Waals surface area (Å²) in [6.45, 7) is 0.189. The Morgan fingerprint density at radius 3 is 2.12 bits per heavy atom. The van der Waals surface area contributed by atoms with Crippen LogP contribution in [0.25, 0.3) is 0 Å². The Morgan fingerprint density at radius 1 is 0.939 bits per heavy atom. The van der Waals surface area contributed by atoms with E-state index >= 15 is 0 Å². The predicted octanol–water partition coefficient (Wildman–Crippen LogP) is 2.95. The van der Waals surface area contributed by atoms with E-state index in [-0.39, 0.29) is 23.4 Å². The summed E-state index contributed by atoms with van der Waals surface area (Å²) in [6.07, 6.45) is 4.91. The molecular formula is C23H29N3O6S. The zero-order valence-corrected chi connectivity index (χ0v) is 19.5. The summed E-state index contributed by atoms with van der Waals surface area (Å²) in [5.74, 6) is 0.660. The first-order chi connectivity index (χ1) is 15.8. The van der Waals surface area contributed by atoms with Crippen molar-refractivity contribution in [3.05, 3.63) is 53.6 Å². The molecule has 0 bridgehead atoms. The summed E-state index contributed by atoms with van der Waals surface area (Å²) < 4.78 is 37.4. The van der Waals surface area contributed by atoms with Crippen molar-refractivity contribution < 1.29 is 27.5 Å². The van der Waals surface area contributed by atoms with Gasteiger partial charge in [0.25, 0.3) is 15.9 Å². The van der Waals surface area contributed by atoms with Gasteiger partial charge in [-0.1, -0.05) is 31.4 Å². The number of hydrogen-bond donors (Lipinski definition) is 3. The molecule has 3 amide bonds. The molecule has 1 aliphatic carbocycles. The second kappa shape index (κ2) is 11.0. The molecule has 3 N–H and O–H groups in total. The Morgan fingerprint density at radius 2 is 1.55 bits per heavy atom. The molecule has 1 saturated carbocycles. The number of hydrogen-bond acceptors (Lipinski definition) is 6. The minimum Gasteiger partial charge on any atom is -0.497 e. The van der Waals surface area contributed by atoms with E-state index in [1.807, 2.05) is 0 Å². The number of rotatable bonds is 8. The second-order valence-corrected chi connectivity index (χ2v) is 9.52. The maximum absolute atomic E-state index is 12.5. The summed E-state index contributed by atoms with van der Waals surface area (Å²) >= 11 is 0. The van der Waals surface area contributed by atoms with Gasteiger partial charge in [0, 0.05) is 24.2 Å². The maximum atomic E-state index is 12.5. The molecule has 0 spiro atoms. The smallest absolute Gasteiger partial charge is 0.328 e. The van der Waals surface area contributed by atoms with Crippen molar-refractivity contribution in [2.75, 3.05) is 14.2 Å². The Bertz CT molecular complexity index is 1060. The molecule has 9 nitrogen and oxygen atoms in total. The van der Waals surface area contributed by atoms with Gasteiger partial charge in [0.15, 0.2) is 0 Å². The largest absolute Gasteiger partial charge is 0.497 e. The van der Waals surface area contributed by atoms with E-state index in [1.54, 1.807) is 30.3 Å². The first-order valence-corrected chi connectivity index (χ1v) is 12.2. The van der Waals surface area contributed by atoms with Gasteiger partial charge in [0.1, 0.15) is 11.5 Å². The summed E-state index contributed by atoms with van der Waals surface area (Å²) in [6, 6.07) is 10.1. The third kappa shape index (κ3) is 6.85. The standard InChI is InChI=1S/C23H29N3O6S/c1-31-19-12-17(13-20(14-19)32-2)22(27)24-15-16-8-10-21(11-9-16)33(29,30)26-23(28)25-18-6-4-3-5-7-18/h8-14,18H,3-7,15H2,1-2H3,(H,24,27)(H2,25,26,28). The van der Waals surface area contributed by atoms with Gasteiger partial charge >= 0.3 is 6.03 Å². The number of urea groups is 1. The lowest BCUT2D eigenvalue weighted by Gasteiger charge is -2.22. The second-order valence-electron chi connectivity index (χ2n) is 7.84. The molecule has 0 radical (unpaired) electrons. The molecule has 2 aromatic rings. The molecule has 0 saturated heterocycles. The fourth-order valence-electron chi connectivity index (χ4n) is 3.65. The Kier molecular flexibility index (Phi) is 8.16. The zero-order valence-electron chi connectivity index (χ0n) is 18.7. The average Bonchev–Trinajstić information content (AvgIpc) is 2.82. The van der Waals surface area contributed by atoms with E-state index in [0.29, 0.717) is 22.6 Å². The van der Waals surface area contributed by atoms with Gasteiger partial charge in [-0.2, -0.15) is 0 Å². The third-order valence-electron chi connectivity index (χ3n) is 5.47. The fourth-order valence-corrected chi connectivity index (χ4v) is 4.57. The summed E-state index contributed by atoms with van der Waals surface area (Å²) in [4.78, 5) is 24.6. The van der Waals surface area contributed by atoms with E-state index in [2.05, 4.69) is 15.4 Å². The molecule has 0 aromatic heterocycles. The van der Waals surface area contributed by atoms with Crippen LogP contribution in [-0.4, -0.2) is 40.6 Å². The number of sulfonamides is 1. The van der Waals surface area contributed by atoms with E-state index < -0.39 is 16.1 Å². The van der Waals surface area contributed by atoms with Crippen molar-refractivity contribution in [1.29, 1.82) is 0 Å². The first-order valence-electron chi connectivity index (χ1n) is 10.7. The van der Waals surface area contributed by atoms with Crippen LogP contribution in [0.15, 0.2) is 47.4 Å². The number of benzene rings is 2. The number of carbonyl (C=O) groups is 2. The highest BCUT2D eigenvalue weighted by molar-refractivity contribution is 7.90. The molecular weight excluding hydrogens is 446 g/mol. The van der Waals surface area contributed by atoms with Crippen molar-refractivity contribution >= 4 is 22.0 Å². The number of nitrogens with one attached hydrogen (secondary N) is 3. The lowest BCUT2D eigenvalue weighted by Crippen LogP contribution is -2.45. The Hall–Kier alpha value is -3.27. The van der Waals surface area contributed by atoms with E-state index in [0.717, 1.165) is 32.1 Å². The number of amides is 3. The SMILES string of the molecule is COc1cc(OC)cc(C(=O)NCc2ccc(S(=O)(=O)NC(=O)NC3CCCCC3)cc2)c1. The van der Waals surface area contributed by atoms with Gasteiger partial charge in [-0.15, -0.1) is 0 Å². The van der Waals surface area contributed by atoms with Gasteiger partial charge in [0.05, 0.1) is 19.1 Å². The molecule has 1 fully saturated rings. The topological polar surface area (TPSA) is 123 Å². The maximum Gasteiger partial charge on any atom is 0.328 e. The van der Waals surface area contributed by atoms with Crippen LogP contribution in [-0.2, 0) is 16.6 Å². The fraction of sp³-hybridized carbons (Fsp3) is 0.391. The Labute approximate surface area is 193 Å². The van der Waals surface area contributed by atoms with Crippen LogP contribution < -0.4 is 24.8 Å². The van der Waals surface area contributed by atoms with Gasteiger partial charge in [-0.3, -0.25) is 4.79 Å². The lowest BCUT2D eigenvalue weighted by molar-refractivity contribution is 0.0950. The van der Waals surface area contributed by atoms with Crippen molar-refractivity contribution in [2.24, 2.45) is 0 Å². The van der Waals surface area contributed by atoms with Gasteiger partial charge in [-0.25, -0.2) is 17.9 Å². The quantitative estimate of drug-likeness (QED) is 0.540. The molecule has 2 aromatic carbocycles. The van der Waals surface area contributed by atoms with Crippen LogP contribution in [0.3, 0.4) is 0 Å². The van der Waals surface area contributed by atoms with Crippen LogP contribution in [0, 0.1) is 0 Å². The number of methoxy groups -OCH3 is 2. The molecule has 0 heterocycles. The van der Waals surface area contributed by atoms with E-state index in [1.165, 1.54) is 26.4 Å². The van der Waals surface area contributed by atoms with Crippen molar-refractivity contribution in [1.82, 2.24) is 15.4 Å². The average molecular weight is 476 g/mol. The predicted molar refractivity (Wildman–Crippen MR) is 123 cm³/mol. The Balaban J connectivity index is 1.57. The highest BCUT2D eigenvalue weighted by Crippen LogP contribution is 2.22. The van der Waals surface area contributed by atoms with Crippen LogP contribution >= 0.6 is 0 Å². The molecule has 1 aliphatic rings. The molecule has 178 valence electrons. The van der Waals surface area contributed by atoms with Gasteiger partial charge in [-0.05, 0) is 42.7 Å². The monoisotopic (exact) mass is 475 g/mol.